The summed E-state index contributed by atoms with van der Waals surface area (Å²) in [4.78, 5) is 4.52. The lowest BCUT2D eigenvalue weighted by atomic mass is 10.1. The maximum Gasteiger partial charge on any atom is 0.159 e. The molecule has 3 rings (SSSR count). The van der Waals surface area contributed by atoms with Crippen LogP contribution in [0, 0.1) is 0 Å². The van der Waals surface area contributed by atoms with Gasteiger partial charge in [-0.25, -0.2) is 9.50 Å². The molecule has 4 nitrogen and oxygen atoms in total. The maximum absolute atomic E-state index is 5.75. The molecule has 0 amide bonds. The van der Waals surface area contributed by atoms with Crippen molar-refractivity contribution < 1.29 is 0 Å². The number of hydrogen-bond acceptors (Lipinski definition) is 3. The number of nitrogens with zero attached hydrogens (tertiary/aromatic N) is 3. The summed E-state index contributed by atoms with van der Waals surface area (Å²) in [5, 5.41) is 4.46. The maximum atomic E-state index is 5.75. The standard InChI is InChI=1S/C10H11BrN4/c11-7-1-4-15-8(5-7)13-9(14-15)10(6-12)2-3-10/h1,4-5H,2-3,6,12H2. The van der Waals surface area contributed by atoms with Crippen molar-refractivity contribution in [3.05, 3.63) is 28.6 Å². The molecule has 0 spiro atoms. The quantitative estimate of drug-likeness (QED) is 0.896. The average Bonchev–Trinajstić information content (AvgIpc) is 2.93. The van der Waals surface area contributed by atoms with Crippen molar-refractivity contribution in [2.45, 2.75) is 18.3 Å². The number of nitrogens with two attached hydrogens (primary N) is 1. The molecule has 78 valence electrons. The highest BCUT2D eigenvalue weighted by Gasteiger charge is 2.46. The molecule has 2 N–H and O–H groups in total. The number of fused-ring (bicyclic) bond motifs is 1. The summed E-state index contributed by atoms with van der Waals surface area (Å²) in [5.74, 6) is 0.892. The highest BCUT2D eigenvalue weighted by Crippen LogP contribution is 2.45. The molecule has 0 radical (unpaired) electrons. The smallest absolute Gasteiger partial charge is 0.159 e. The molecule has 1 aliphatic rings. The van der Waals surface area contributed by atoms with Gasteiger partial charge in [-0.2, -0.15) is 5.10 Å². The third-order valence-corrected chi connectivity index (χ3v) is 3.51. The summed E-state index contributed by atoms with van der Waals surface area (Å²) in [6.45, 7) is 0.644. The molecule has 1 aliphatic carbocycles. The van der Waals surface area contributed by atoms with Crippen molar-refractivity contribution in [2.75, 3.05) is 6.54 Å². The summed E-state index contributed by atoms with van der Waals surface area (Å²) in [6, 6.07) is 3.91. The second-order valence-electron chi connectivity index (χ2n) is 4.07. The van der Waals surface area contributed by atoms with E-state index in [4.69, 9.17) is 5.73 Å². The van der Waals surface area contributed by atoms with Crippen molar-refractivity contribution in [3.8, 4) is 0 Å². The van der Waals surface area contributed by atoms with Crippen molar-refractivity contribution in [1.29, 1.82) is 0 Å². The number of pyridine rings is 1. The Balaban J connectivity index is 2.14. The third-order valence-electron chi connectivity index (χ3n) is 3.02. The Morgan fingerprint density at radius 3 is 3.00 bits per heavy atom. The van der Waals surface area contributed by atoms with Gasteiger partial charge in [-0.05, 0) is 25.0 Å². The lowest BCUT2D eigenvalue weighted by molar-refractivity contribution is 0.647. The first kappa shape index (κ1) is 9.30. The molecule has 2 heterocycles. The van der Waals surface area contributed by atoms with E-state index in [0.717, 1.165) is 28.8 Å². The highest BCUT2D eigenvalue weighted by atomic mass is 79.9. The van der Waals surface area contributed by atoms with E-state index >= 15 is 0 Å². The molecule has 0 bridgehead atoms. The normalized spacial score (nSPS) is 18.3. The Morgan fingerprint density at radius 2 is 2.33 bits per heavy atom. The van der Waals surface area contributed by atoms with E-state index in [-0.39, 0.29) is 5.41 Å². The van der Waals surface area contributed by atoms with E-state index in [1.165, 1.54) is 0 Å². The van der Waals surface area contributed by atoms with Crippen LogP contribution in [0.2, 0.25) is 0 Å². The van der Waals surface area contributed by atoms with Gasteiger partial charge in [0.05, 0.1) is 0 Å². The molecule has 0 saturated heterocycles. The first-order chi connectivity index (χ1) is 7.23. The summed E-state index contributed by atoms with van der Waals surface area (Å²) in [7, 11) is 0. The number of hydrogen-bond donors (Lipinski definition) is 1. The van der Waals surface area contributed by atoms with Crippen LogP contribution < -0.4 is 5.73 Å². The largest absolute Gasteiger partial charge is 0.329 e. The van der Waals surface area contributed by atoms with Gasteiger partial charge in [0, 0.05) is 22.6 Å². The van der Waals surface area contributed by atoms with Crippen LogP contribution in [0.3, 0.4) is 0 Å². The first-order valence-corrected chi connectivity index (χ1v) is 5.75. The fourth-order valence-electron chi connectivity index (χ4n) is 1.75. The minimum absolute atomic E-state index is 0.0680. The Bertz CT molecular complexity index is 515. The van der Waals surface area contributed by atoms with E-state index in [1.807, 2.05) is 18.3 Å². The van der Waals surface area contributed by atoms with Crippen molar-refractivity contribution >= 4 is 21.6 Å². The second kappa shape index (κ2) is 3.02. The SMILES string of the molecule is NCC1(c2nc3cc(Br)ccn3n2)CC1. The van der Waals surface area contributed by atoms with E-state index in [2.05, 4.69) is 26.0 Å². The fourth-order valence-corrected chi connectivity index (χ4v) is 2.07. The molecule has 15 heavy (non-hydrogen) atoms. The molecular weight excluding hydrogens is 256 g/mol. The molecule has 2 aromatic heterocycles. The van der Waals surface area contributed by atoms with E-state index in [9.17, 15) is 0 Å². The van der Waals surface area contributed by atoms with Crippen molar-refractivity contribution in [2.24, 2.45) is 5.73 Å². The van der Waals surface area contributed by atoms with Crippen LogP contribution in [0.1, 0.15) is 18.7 Å². The van der Waals surface area contributed by atoms with Crippen molar-refractivity contribution in [3.63, 3.8) is 0 Å². The second-order valence-corrected chi connectivity index (χ2v) is 4.98. The summed E-state index contributed by atoms with van der Waals surface area (Å²) < 4.78 is 2.82. The molecule has 0 atom stereocenters. The van der Waals surface area contributed by atoms with E-state index in [1.54, 1.807) is 4.52 Å². The van der Waals surface area contributed by atoms with Crippen LogP contribution in [0.5, 0.6) is 0 Å². The molecule has 5 heteroatoms. The zero-order valence-corrected chi connectivity index (χ0v) is 9.74. The predicted molar refractivity (Wildman–Crippen MR) is 60.7 cm³/mol. The Morgan fingerprint density at radius 1 is 1.53 bits per heavy atom. The number of halogens is 1. The van der Waals surface area contributed by atoms with E-state index < -0.39 is 0 Å². The lowest BCUT2D eigenvalue weighted by Gasteiger charge is -2.04. The average molecular weight is 267 g/mol. The fraction of sp³-hybridized carbons (Fsp3) is 0.400. The lowest BCUT2D eigenvalue weighted by Crippen LogP contribution is -2.21. The zero-order chi connectivity index (χ0) is 10.5. The van der Waals surface area contributed by atoms with Crippen LogP contribution in [-0.2, 0) is 5.41 Å². The first-order valence-electron chi connectivity index (χ1n) is 4.96. The van der Waals surface area contributed by atoms with Gasteiger partial charge >= 0.3 is 0 Å². The van der Waals surface area contributed by atoms with Gasteiger partial charge in [0.25, 0.3) is 0 Å². The molecule has 0 unspecified atom stereocenters. The molecule has 0 aromatic carbocycles. The van der Waals surface area contributed by atoms with Gasteiger partial charge in [0.15, 0.2) is 11.5 Å². The van der Waals surface area contributed by atoms with Crippen LogP contribution in [0.25, 0.3) is 5.65 Å². The van der Waals surface area contributed by atoms with Gasteiger partial charge in [0.2, 0.25) is 0 Å². The van der Waals surface area contributed by atoms with Gasteiger partial charge in [-0.1, -0.05) is 15.9 Å². The summed E-state index contributed by atoms with van der Waals surface area (Å²) in [6.07, 6.45) is 4.13. The number of rotatable bonds is 2. The molecule has 0 aliphatic heterocycles. The Labute approximate surface area is 95.6 Å². The Kier molecular flexibility index (Phi) is 1.87. The molecule has 1 saturated carbocycles. The summed E-state index contributed by atoms with van der Waals surface area (Å²) >= 11 is 3.42. The molecule has 2 aromatic rings. The monoisotopic (exact) mass is 266 g/mol. The minimum Gasteiger partial charge on any atom is -0.329 e. The minimum atomic E-state index is 0.0680. The molecule has 1 fully saturated rings. The van der Waals surface area contributed by atoms with Crippen LogP contribution in [-0.4, -0.2) is 21.1 Å². The van der Waals surface area contributed by atoms with Crippen LogP contribution >= 0.6 is 15.9 Å². The molecular formula is C10H11BrN4. The van der Waals surface area contributed by atoms with Gasteiger partial charge in [-0.15, -0.1) is 0 Å². The Hall–Kier alpha value is -0.940. The van der Waals surface area contributed by atoms with Gasteiger partial charge in [0.1, 0.15) is 0 Å². The number of aromatic nitrogens is 3. The van der Waals surface area contributed by atoms with Crippen LogP contribution in [0.4, 0.5) is 0 Å². The van der Waals surface area contributed by atoms with Crippen molar-refractivity contribution in [1.82, 2.24) is 14.6 Å². The van der Waals surface area contributed by atoms with E-state index in [0.29, 0.717) is 6.54 Å². The van der Waals surface area contributed by atoms with Crippen LogP contribution in [0.15, 0.2) is 22.8 Å². The predicted octanol–water partition coefficient (Wildman–Crippen LogP) is 1.48. The van der Waals surface area contributed by atoms with Gasteiger partial charge in [-0.3, -0.25) is 0 Å². The third kappa shape index (κ3) is 1.38. The van der Waals surface area contributed by atoms with Gasteiger partial charge < -0.3 is 5.73 Å². The highest BCUT2D eigenvalue weighted by molar-refractivity contribution is 9.10. The summed E-state index contributed by atoms with van der Waals surface area (Å²) in [5.41, 5.74) is 6.70. The zero-order valence-electron chi connectivity index (χ0n) is 8.15. The topological polar surface area (TPSA) is 56.2 Å².